The Labute approximate surface area is 107 Å². The molecular formula is C13H27ClN2. The summed E-state index contributed by atoms with van der Waals surface area (Å²) in [6, 6.07) is 0. The third-order valence-corrected chi connectivity index (χ3v) is 4.05. The minimum atomic E-state index is 0. The highest BCUT2D eigenvalue weighted by atomic mass is 35.5. The predicted molar refractivity (Wildman–Crippen MR) is 72.3 cm³/mol. The molecule has 2 aliphatic heterocycles. The summed E-state index contributed by atoms with van der Waals surface area (Å²) < 4.78 is 0. The zero-order valence-corrected chi connectivity index (χ0v) is 11.6. The van der Waals surface area contributed by atoms with Gasteiger partial charge in [-0.15, -0.1) is 12.4 Å². The van der Waals surface area contributed by atoms with Crippen LogP contribution in [0.3, 0.4) is 0 Å². The van der Waals surface area contributed by atoms with E-state index in [1.165, 1.54) is 58.4 Å². The van der Waals surface area contributed by atoms with E-state index in [4.69, 9.17) is 0 Å². The third-order valence-electron chi connectivity index (χ3n) is 4.05. The first-order valence-electron chi connectivity index (χ1n) is 6.61. The number of nitrogens with zero attached hydrogens (tertiary/aromatic N) is 1. The molecule has 2 saturated heterocycles. The van der Waals surface area contributed by atoms with E-state index in [0.29, 0.717) is 5.41 Å². The maximum atomic E-state index is 3.50. The first-order chi connectivity index (χ1) is 7.18. The Kier molecular flexibility index (Phi) is 5.55. The molecule has 3 heteroatoms. The number of rotatable bonds is 2. The first-order valence-corrected chi connectivity index (χ1v) is 6.61. The number of likely N-dealkylation sites (tertiary alicyclic amines) is 1. The van der Waals surface area contributed by atoms with Gasteiger partial charge in [-0.25, -0.2) is 0 Å². The molecule has 2 nitrogen and oxygen atoms in total. The molecule has 0 aromatic rings. The molecule has 96 valence electrons. The quantitative estimate of drug-likeness (QED) is 0.806. The summed E-state index contributed by atoms with van der Waals surface area (Å²) >= 11 is 0. The molecule has 2 unspecified atom stereocenters. The summed E-state index contributed by atoms with van der Waals surface area (Å²) in [4.78, 5) is 2.71. The normalized spacial score (nSPS) is 36.8. The highest BCUT2D eigenvalue weighted by molar-refractivity contribution is 5.85. The second-order valence-corrected chi connectivity index (χ2v) is 6.07. The van der Waals surface area contributed by atoms with Gasteiger partial charge in [0.25, 0.3) is 0 Å². The number of halogens is 1. The van der Waals surface area contributed by atoms with Crippen LogP contribution in [0.1, 0.15) is 39.5 Å². The fourth-order valence-electron chi connectivity index (χ4n) is 3.14. The molecule has 0 spiro atoms. The number of nitrogens with one attached hydrogen (secondary N) is 1. The first kappa shape index (κ1) is 14.3. The zero-order valence-electron chi connectivity index (χ0n) is 10.8. The standard InChI is InChI=1S/C13H26N2.ClH/c1-12-5-3-4-8-15(9-12)11-13(2)6-7-14-10-13;/h12,14H,3-11H2,1-2H3;1H. The van der Waals surface area contributed by atoms with Crippen molar-refractivity contribution < 1.29 is 0 Å². The Morgan fingerprint density at radius 1 is 1.38 bits per heavy atom. The molecule has 0 aliphatic carbocycles. The van der Waals surface area contributed by atoms with E-state index in [2.05, 4.69) is 24.1 Å². The lowest BCUT2D eigenvalue weighted by atomic mass is 9.89. The van der Waals surface area contributed by atoms with Crippen molar-refractivity contribution in [1.29, 1.82) is 0 Å². The fourth-order valence-corrected chi connectivity index (χ4v) is 3.14. The van der Waals surface area contributed by atoms with Gasteiger partial charge in [0.2, 0.25) is 0 Å². The monoisotopic (exact) mass is 246 g/mol. The van der Waals surface area contributed by atoms with Crippen LogP contribution in [0.15, 0.2) is 0 Å². The molecule has 0 radical (unpaired) electrons. The lowest BCUT2D eigenvalue weighted by Gasteiger charge is -2.32. The minimum Gasteiger partial charge on any atom is -0.316 e. The minimum absolute atomic E-state index is 0. The van der Waals surface area contributed by atoms with Crippen LogP contribution in [0.25, 0.3) is 0 Å². The van der Waals surface area contributed by atoms with Crippen molar-refractivity contribution in [2.45, 2.75) is 39.5 Å². The van der Waals surface area contributed by atoms with Gasteiger partial charge in [-0.05, 0) is 43.7 Å². The van der Waals surface area contributed by atoms with Gasteiger partial charge in [-0.3, -0.25) is 0 Å². The van der Waals surface area contributed by atoms with Gasteiger partial charge in [0.15, 0.2) is 0 Å². The van der Waals surface area contributed by atoms with Crippen molar-refractivity contribution in [2.24, 2.45) is 11.3 Å². The van der Waals surface area contributed by atoms with E-state index < -0.39 is 0 Å². The van der Waals surface area contributed by atoms with Crippen LogP contribution in [0.5, 0.6) is 0 Å². The molecule has 2 heterocycles. The smallest absolute Gasteiger partial charge is 0.00481 e. The number of hydrogen-bond donors (Lipinski definition) is 1. The van der Waals surface area contributed by atoms with Crippen LogP contribution in [0.4, 0.5) is 0 Å². The molecule has 2 fully saturated rings. The fraction of sp³-hybridized carbons (Fsp3) is 1.00. The van der Waals surface area contributed by atoms with E-state index in [9.17, 15) is 0 Å². The Balaban J connectivity index is 0.00000128. The average Bonchev–Trinajstić information content (AvgIpc) is 2.49. The second-order valence-electron chi connectivity index (χ2n) is 6.07. The summed E-state index contributed by atoms with van der Waals surface area (Å²) in [7, 11) is 0. The largest absolute Gasteiger partial charge is 0.316 e. The summed E-state index contributed by atoms with van der Waals surface area (Å²) in [5, 5.41) is 3.50. The molecule has 0 amide bonds. The zero-order chi connectivity index (χ0) is 10.7. The van der Waals surface area contributed by atoms with Gasteiger partial charge in [-0.1, -0.05) is 20.3 Å². The summed E-state index contributed by atoms with van der Waals surface area (Å²) in [6.07, 6.45) is 5.64. The molecule has 0 aromatic heterocycles. The molecule has 0 aromatic carbocycles. The highest BCUT2D eigenvalue weighted by Crippen LogP contribution is 2.27. The van der Waals surface area contributed by atoms with Crippen LogP contribution in [-0.4, -0.2) is 37.6 Å². The molecule has 0 saturated carbocycles. The number of hydrogen-bond acceptors (Lipinski definition) is 2. The maximum Gasteiger partial charge on any atom is 0.00481 e. The molecule has 2 aliphatic rings. The second kappa shape index (κ2) is 6.23. The van der Waals surface area contributed by atoms with Crippen molar-refractivity contribution in [2.75, 3.05) is 32.7 Å². The SMILES string of the molecule is CC1CCCCN(CC2(C)CCNC2)C1.Cl. The molecule has 16 heavy (non-hydrogen) atoms. The topological polar surface area (TPSA) is 15.3 Å². The van der Waals surface area contributed by atoms with Crippen molar-refractivity contribution in [3.8, 4) is 0 Å². The van der Waals surface area contributed by atoms with E-state index in [1.807, 2.05) is 0 Å². The Hall–Kier alpha value is 0.210. The third kappa shape index (κ3) is 3.90. The molecule has 1 N–H and O–H groups in total. The van der Waals surface area contributed by atoms with Gasteiger partial charge in [0, 0.05) is 19.6 Å². The average molecular weight is 247 g/mol. The van der Waals surface area contributed by atoms with E-state index in [-0.39, 0.29) is 12.4 Å². The van der Waals surface area contributed by atoms with Crippen LogP contribution >= 0.6 is 12.4 Å². The van der Waals surface area contributed by atoms with Crippen LogP contribution in [-0.2, 0) is 0 Å². The van der Waals surface area contributed by atoms with Gasteiger partial charge in [-0.2, -0.15) is 0 Å². The van der Waals surface area contributed by atoms with Crippen molar-refractivity contribution in [3.05, 3.63) is 0 Å². The molecule has 2 rings (SSSR count). The summed E-state index contributed by atoms with van der Waals surface area (Å²) in [5.41, 5.74) is 0.546. The lowest BCUT2D eigenvalue weighted by Crippen LogP contribution is -2.39. The van der Waals surface area contributed by atoms with E-state index in [1.54, 1.807) is 0 Å². The van der Waals surface area contributed by atoms with Crippen molar-refractivity contribution in [3.63, 3.8) is 0 Å². The molecule has 0 bridgehead atoms. The van der Waals surface area contributed by atoms with Crippen LogP contribution < -0.4 is 5.32 Å². The van der Waals surface area contributed by atoms with Crippen molar-refractivity contribution in [1.82, 2.24) is 10.2 Å². The van der Waals surface area contributed by atoms with Crippen molar-refractivity contribution >= 4 is 12.4 Å². The van der Waals surface area contributed by atoms with Gasteiger partial charge in [0.1, 0.15) is 0 Å². The van der Waals surface area contributed by atoms with Crippen LogP contribution in [0.2, 0.25) is 0 Å². The highest BCUT2D eigenvalue weighted by Gasteiger charge is 2.31. The summed E-state index contributed by atoms with van der Waals surface area (Å²) in [6.45, 7) is 11.3. The van der Waals surface area contributed by atoms with Gasteiger partial charge < -0.3 is 10.2 Å². The Morgan fingerprint density at radius 3 is 2.88 bits per heavy atom. The van der Waals surface area contributed by atoms with Crippen LogP contribution in [0, 0.1) is 11.3 Å². The van der Waals surface area contributed by atoms with E-state index in [0.717, 1.165) is 5.92 Å². The van der Waals surface area contributed by atoms with Gasteiger partial charge in [0.05, 0.1) is 0 Å². The molecule has 2 atom stereocenters. The molecular weight excluding hydrogens is 220 g/mol. The Bertz CT molecular complexity index is 202. The lowest BCUT2D eigenvalue weighted by molar-refractivity contribution is 0.169. The van der Waals surface area contributed by atoms with E-state index >= 15 is 0 Å². The Morgan fingerprint density at radius 2 is 2.19 bits per heavy atom. The predicted octanol–water partition coefficient (Wildman–Crippen LogP) is 2.53. The maximum absolute atomic E-state index is 3.50. The van der Waals surface area contributed by atoms with Gasteiger partial charge >= 0.3 is 0 Å². The summed E-state index contributed by atoms with van der Waals surface area (Å²) in [5.74, 6) is 0.908.